The molecule has 1 amide bonds. The minimum atomic E-state index is -0.659. The van der Waals surface area contributed by atoms with E-state index in [4.69, 9.17) is 14.5 Å². The molecule has 39 heavy (non-hydrogen) atoms. The number of carbonyl (C=O) groups is 1. The molecule has 3 heterocycles. The van der Waals surface area contributed by atoms with Crippen LogP contribution in [0.1, 0.15) is 64.5 Å². The predicted octanol–water partition coefficient (Wildman–Crippen LogP) is 4.83. The van der Waals surface area contributed by atoms with Gasteiger partial charge in [-0.05, 0) is 51.3 Å². The number of benzene rings is 1. The van der Waals surface area contributed by atoms with E-state index in [1.165, 1.54) is 24.2 Å². The van der Waals surface area contributed by atoms with Crippen LogP contribution in [-0.4, -0.2) is 75.7 Å². The number of hydrogen-bond donors (Lipinski definition) is 1. The lowest BCUT2D eigenvalue weighted by molar-refractivity contribution is 0.0384. The van der Waals surface area contributed by atoms with Gasteiger partial charge in [-0.1, -0.05) is 31.4 Å². The first-order chi connectivity index (χ1) is 18.9. The Balaban J connectivity index is 1.34. The topological polar surface area (TPSA) is 97.6 Å². The Labute approximate surface area is 230 Å². The highest BCUT2D eigenvalue weighted by atomic mass is 16.6. The van der Waals surface area contributed by atoms with Crippen LogP contribution >= 0.6 is 0 Å². The van der Waals surface area contributed by atoms with Gasteiger partial charge < -0.3 is 14.8 Å². The summed E-state index contributed by atoms with van der Waals surface area (Å²) in [5.41, 5.74) is 1.88. The predicted molar refractivity (Wildman–Crippen MR) is 151 cm³/mol. The van der Waals surface area contributed by atoms with Crippen molar-refractivity contribution in [2.45, 2.75) is 71.1 Å². The number of hydrogen-bond acceptors (Lipinski definition) is 8. The molecule has 2 aromatic heterocycles. The third-order valence-corrected chi connectivity index (χ3v) is 7.25. The molecule has 1 saturated heterocycles. The highest BCUT2D eigenvalue weighted by Gasteiger charge is 2.28. The first kappa shape index (κ1) is 27.5. The standard InChI is InChI=1S/C29H41N7O3/c1-29(2,3)39-28(37)35(24-11-9-22(10-12-24)19-30-13-14-34-15-17-38-18-16-34)27-31-20-23-21-32-36(26(23)33-27)25-7-5-4-6-8-25/h9-12,20-21,25,30H,4-8,13-19H2,1-3H3. The first-order valence-electron chi connectivity index (χ1n) is 14.2. The fourth-order valence-corrected chi connectivity index (χ4v) is 5.20. The maximum absolute atomic E-state index is 13.4. The van der Waals surface area contributed by atoms with Crippen LogP contribution in [0, 0.1) is 0 Å². The van der Waals surface area contributed by atoms with Crippen molar-refractivity contribution in [3.63, 3.8) is 0 Å². The molecule has 2 aliphatic rings. The molecule has 10 nitrogen and oxygen atoms in total. The molecule has 1 saturated carbocycles. The monoisotopic (exact) mass is 535 g/mol. The molecule has 0 atom stereocenters. The molecule has 1 N–H and O–H groups in total. The van der Waals surface area contributed by atoms with Gasteiger partial charge in [0.2, 0.25) is 5.95 Å². The fraction of sp³-hybridized carbons (Fsp3) is 0.586. The van der Waals surface area contributed by atoms with Gasteiger partial charge in [-0.15, -0.1) is 0 Å². The van der Waals surface area contributed by atoms with E-state index < -0.39 is 11.7 Å². The number of nitrogens with one attached hydrogen (secondary N) is 1. The van der Waals surface area contributed by atoms with Crippen LogP contribution < -0.4 is 10.2 Å². The van der Waals surface area contributed by atoms with Crippen molar-refractivity contribution in [1.82, 2.24) is 30.0 Å². The Bertz CT molecular complexity index is 1230. The van der Waals surface area contributed by atoms with E-state index in [1.807, 2.05) is 55.9 Å². The highest BCUT2D eigenvalue weighted by Crippen LogP contribution is 2.31. The Hall–Kier alpha value is -3.08. The molecule has 10 heteroatoms. The number of anilines is 2. The fourth-order valence-electron chi connectivity index (χ4n) is 5.20. The Kier molecular flexibility index (Phi) is 8.74. The molecular formula is C29H41N7O3. The summed E-state index contributed by atoms with van der Waals surface area (Å²) in [5, 5.41) is 9.02. The zero-order chi connectivity index (χ0) is 27.2. The molecule has 0 spiro atoms. The Morgan fingerprint density at radius 3 is 2.56 bits per heavy atom. The smallest absolute Gasteiger partial charge is 0.421 e. The number of aromatic nitrogens is 4. The second kappa shape index (κ2) is 12.4. The SMILES string of the molecule is CC(C)(C)OC(=O)N(c1ccc(CNCCN2CCOCC2)cc1)c1ncc2cnn(C3CCCCC3)c2n1. The second-order valence-corrected chi connectivity index (χ2v) is 11.4. The number of ether oxygens (including phenoxy) is 2. The first-order valence-corrected chi connectivity index (χ1v) is 14.2. The normalized spacial score (nSPS) is 17.4. The van der Waals surface area contributed by atoms with Crippen molar-refractivity contribution in [2.24, 2.45) is 0 Å². The van der Waals surface area contributed by atoms with Gasteiger partial charge in [-0.3, -0.25) is 4.90 Å². The summed E-state index contributed by atoms with van der Waals surface area (Å²) in [6.45, 7) is 11.9. The molecule has 0 unspecified atom stereocenters. The zero-order valence-electron chi connectivity index (χ0n) is 23.4. The van der Waals surface area contributed by atoms with E-state index in [-0.39, 0.29) is 5.95 Å². The van der Waals surface area contributed by atoms with Gasteiger partial charge in [0.15, 0.2) is 5.65 Å². The van der Waals surface area contributed by atoms with Crippen molar-refractivity contribution in [1.29, 1.82) is 0 Å². The molecule has 1 aliphatic heterocycles. The van der Waals surface area contributed by atoms with Crippen molar-refractivity contribution in [3.05, 3.63) is 42.2 Å². The van der Waals surface area contributed by atoms with Crippen LogP contribution in [0.5, 0.6) is 0 Å². The maximum Gasteiger partial charge on any atom is 0.421 e. The average molecular weight is 536 g/mol. The third-order valence-electron chi connectivity index (χ3n) is 7.25. The molecule has 0 radical (unpaired) electrons. The number of rotatable bonds is 8. The number of carbonyl (C=O) groups excluding carboxylic acids is 1. The van der Waals surface area contributed by atoms with Gasteiger partial charge in [0.25, 0.3) is 0 Å². The van der Waals surface area contributed by atoms with Gasteiger partial charge >= 0.3 is 6.09 Å². The van der Waals surface area contributed by atoms with Crippen molar-refractivity contribution in [2.75, 3.05) is 44.3 Å². The molecule has 1 aromatic carbocycles. The van der Waals surface area contributed by atoms with Crippen LogP contribution in [0.2, 0.25) is 0 Å². The summed E-state index contributed by atoms with van der Waals surface area (Å²) in [4.78, 5) is 26.7. The van der Waals surface area contributed by atoms with Crippen molar-refractivity contribution >= 4 is 28.8 Å². The molecular weight excluding hydrogens is 494 g/mol. The van der Waals surface area contributed by atoms with E-state index in [0.29, 0.717) is 11.7 Å². The van der Waals surface area contributed by atoms with E-state index in [9.17, 15) is 4.79 Å². The minimum Gasteiger partial charge on any atom is -0.443 e. The zero-order valence-corrected chi connectivity index (χ0v) is 23.4. The van der Waals surface area contributed by atoms with Gasteiger partial charge in [0.05, 0.1) is 36.5 Å². The van der Waals surface area contributed by atoms with Crippen LogP contribution in [0.3, 0.4) is 0 Å². The molecule has 210 valence electrons. The Morgan fingerprint density at radius 2 is 1.85 bits per heavy atom. The lowest BCUT2D eigenvalue weighted by atomic mass is 9.96. The van der Waals surface area contributed by atoms with Gasteiger partial charge in [0.1, 0.15) is 5.60 Å². The van der Waals surface area contributed by atoms with Gasteiger partial charge in [0, 0.05) is 38.9 Å². The summed E-state index contributed by atoms with van der Waals surface area (Å²) in [6.07, 6.45) is 8.89. The van der Waals surface area contributed by atoms with E-state index in [0.717, 1.165) is 75.4 Å². The van der Waals surface area contributed by atoms with Crippen LogP contribution in [0.15, 0.2) is 36.7 Å². The summed E-state index contributed by atoms with van der Waals surface area (Å²) >= 11 is 0. The molecule has 0 bridgehead atoms. The Morgan fingerprint density at radius 1 is 1.10 bits per heavy atom. The third kappa shape index (κ3) is 7.12. The number of fused-ring (bicyclic) bond motifs is 1. The maximum atomic E-state index is 13.4. The number of morpholine rings is 1. The van der Waals surface area contributed by atoms with Gasteiger partial charge in [-0.25, -0.2) is 19.4 Å². The average Bonchev–Trinajstić information content (AvgIpc) is 3.36. The van der Waals surface area contributed by atoms with Crippen LogP contribution in [-0.2, 0) is 16.0 Å². The quantitative estimate of drug-likeness (QED) is 0.410. The van der Waals surface area contributed by atoms with Gasteiger partial charge in [-0.2, -0.15) is 10.1 Å². The largest absolute Gasteiger partial charge is 0.443 e. The number of amides is 1. The van der Waals surface area contributed by atoms with Crippen LogP contribution in [0.25, 0.3) is 11.0 Å². The van der Waals surface area contributed by atoms with Crippen molar-refractivity contribution in [3.8, 4) is 0 Å². The second-order valence-electron chi connectivity index (χ2n) is 11.4. The lowest BCUT2D eigenvalue weighted by Gasteiger charge is -2.27. The lowest BCUT2D eigenvalue weighted by Crippen LogP contribution is -2.40. The number of nitrogens with zero attached hydrogens (tertiary/aromatic N) is 6. The molecule has 2 fully saturated rings. The summed E-state index contributed by atoms with van der Waals surface area (Å²) < 4.78 is 13.2. The van der Waals surface area contributed by atoms with E-state index >= 15 is 0 Å². The van der Waals surface area contributed by atoms with E-state index in [2.05, 4.69) is 20.3 Å². The minimum absolute atomic E-state index is 0.283. The highest BCUT2D eigenvalue weighted by molar-refractivity contribution is 5.95. The van der Waals surface area contributed by atoms with E-state index in [1.54, 1.807) is 6.20 Å². The summed E-state index contributed by atoms with van der Waals surface area (Å²) in [7, 11) is 0. The summed E-state index contributed by atoms with van der Waals surface area (Å²) in [6, 6.07) is 8.23. The van der Waals surface area contributed by atoms with Crippen molar-refractivity contribution < 1.29 is 14.3 Å². The molecule has 3 aromatic rings. The van der Waals surface area contributed by atoms with Crippen LogP contribution in [0.4, 0.5) is 16.4 Å². The summed E-state index contributed by atoms with van der Waals surface area (Å²) in [5.74, 6) is 0.283. The molecule has 1 aliphatic carbocycles. The molecule has 5 rings (SSSR count).